The predicted octanol–water partition coefficient (Wildman–Crippen LogP) is 8.27. The summed E-state index contributed by atoms with van der Waals surface area (Å²) in [5.41, 5.74) is 8.56. The van der Waals surface area contributed by atoms with E-state index in [2.05, 4.69) is 118 Å². The quantitative estimate of drug-likeness (QED) is 0.262. The first-order valence-electron chi connectivity index (χ1n) is 12.0. The van der Waals surface area contributed by atoms with Crippen LogP contribution < -0.4 is 0 Å². The Bertz CT molecular complexity index is 1950. The van der Waals surface area contributed by atoms with Gasteiger partial charge in [-0.1, -0.05) is 60.7 Å². The molecule has 0 radical (unpaired) electrons. The van der Waals surface area contributed by atoms with Gasteiger partial charge in [-0.3, -0.25) is 0 Å². The van der Waals surface area contributed by atoms with Gasteiger partial charge < -0.3 is 9.13 Å². The van der Waals surface area contributed by atoms with Crippen LogP contribution in [-0.4, -0.2) is 9.13 Å². The molecule has 0 bridgehead atoms. The van der Waals surface area contributed by atoms with Gasteiger partial charge in [-0.15, -0.1) is 0 Å². The molecule has 0 N–H and O–H groups in total. The molecule has 0 amide bonds. The molecule has 0 aliphatic rings. The minimum absolute atomic E-state index is 0.666. The number of rotatable bonds is 3. The maximum absolute atomic E-state index is 9.37. The van der Waals surface area contributed by atoms with Crippen LogP contribution >= 0.6 is 0 Å². The van der Waals surface area contributed by atoms with Crippen LogP contribution in [0.15, 0.2) is 128 Å². The molecule has 3 heteroatoms. The largest absolute Gasteiger partial charge is 0.316 e. The van der Waals surface area contributed by atoms with Crippen molar-refractivity contribution in [1.29, 1.82) is 5.26 Å². The Balaban J connectivity index is 1.51. The second-order valence-corrected chi connectivity index (χ2v) is 9.04. The van der Waals surface area contributed by atoms with Crippen LogP contribution in [0.1, 0.15) is 5.56 Å². The molecule has 7 aromatic rings. The van der Waals surface area contributed by atoms with Gasteiger partial charge >= 0.3 is 0 Å². The summed E-state index contributed by atoms with van der Waals surface area (Å²) >= 11 is 0. The zero-order valence-electron chi connectivity index (χ0n) is 19.5. The van der Waals surface area contributed by atoms with Crippen LogP contribution in [0.5, 0.6) is 0 Å². The summed E-state index contributed by atoms with van der Waals surface area (Å²) in [7, 11) is 0. The maximum Gasteiger partial charge on any atom is 0.0991 e. The first-order valence-corrected chi connectivity index (χ1v) is 12.0. The number of nitrogens with zero attached hydrogens (tertiary/aromatic N) is 3. The molecule has 168 valence electrons. The Hall–Kier alpha value is -5.07. The van der Waals surface area contributed by atoms with E-state index in [1.165, 1.54) is 32.7 Å². The van der Waals surface area contributed by atoms with Crippen LogP contribution in [-0.2, 0) is 0 Å². The van der Waals surface area contributed by atoms with Gasteiger partial charge in [0.1, 0.15) is 0 Å². The molecule has 2 aromatic heterocycles. The molecule has 5 aromatic carbocycles. The fourth-order valence-corrected chi connectivity index (χ4v) is 5.28. The topological polar surface area (TPSA) is 33.6 Å². The van der Waals surface area contributed by atoms with Gasteiger partial charge in [0.2, 0.25) is 0 Å². The molecule has 0 atom stereocenters. The molecule has 3 nitrogen and oxygen atoms in total. The summed E-state index contributed by atoms with van der Waals surface area (Å²) in [6.07, 6.45) is 2.15. The molecule has 0 aliphatic heterocycles. The van der Waals surface area contributed by atoms with Gasteiger partial charge in [0.25, 0.3) is 0 Å². The van der Waals surface area contributed by atoms with E-state index in [-0.39, 0.29) is 0 Å². The van der Waals surface area contributed by atoms with Crippen molar-refractivity contribution in [1.82, 2.24) is 9.13 Å². The molecule has 7 rings (SSSR count). The van der Waals surface area contributed by atoms with Gasteiger partial charge in [-0.25, -0.2) is 0 Å². The maximum atomic E-state index is 9.37. The van der Waals surface area contributed by atoms with Crippen molar-refractivity contribution < 1.29 is 0 Å². The summed E-state index contributed by atoms with van der Waals surface area (Å²) < 4.78 is 4.60. The van der Waals surface area contributed by atoms with Gasteiger partial charge in [0, 0.05) is 33.7 Å². The summed E-state index contributed by atoms with van der Waals surface area (Å²) in [4.78, 5) is 0. The SMILES string of the molecule is N#Cc1cccc(-c2cccc(-n3c4ccccc4c4cc5ccn(-c6ccccc6)c5cc43)c2)c1. The second-order valence-electron chi connectivity index (χ2n) is 9.04. The Morgan fingerprint density at radius 3 is 2.14 bits per heavy atom. The molecule has 0 spiro atoms. The monoisotopic (exact) mass is 459 g/mol. The number of aromatic nitrogens is 2. The number of benzene rings is 5. The van der Waals surface area contributed by atoms with Gasteiger partial charge in [-0.2, -0.15) is 5.26 Å². The lowest BCUT2D eigenvalue weighted by atomic mass is 10.0. The fraction of sp³-hybridized carbons (Fsp3) is 0. The van der Waals surface area contributed by atoms with Crippen molar-refractivity contribution in [3.05, 3.63) is 133 Å². The van der Waals surface area contributed by atoms with E-state index in [0.29, 0.717) is 5.56 Å². The zero-order valence-corrected chi connectivity index (χ0v) is 19.5. The number of hydrogen-bond donors (Lipinski definition) is 0. The van der Waals surface area contributed by atoms with E-state index >= 15 is 0 Å². The third-order valence-corrected chi connectivity index (χ3v) is 6.95. The molecule has 0 saturated carbocycles. The standard InChI is InChI=1S/C33H21N3/c34-22-23-8-6-9-24(18-23)25-10-7-13-28(19-25)36-31-15-5-4-14-29(31)30-20-26-16-17-35(32(26)21-33(30)36)27-11-2-1-3-12-27/h1-21H. The van der Waals surface area contributed by atoms with Crippen LogP contribution in [0.4, 0.5) is 0 Å². The molecule has 0 saturated heterocycles. The van der Waals surface area contributed by atoms with Crippen LogP contribution in [0.2, 0.25) is 0 Å². The number of fused-ring (bicyclic) bond motifs is 4. The van der Waals surface area contributed by atoms with Gasteiger partial charge in [0.05, 0.1) is 28.2 Å². The predicted molar refractivity (Wildman–Crippen MR) is 148 cm³/mol. The van der Waals surface area contributed by atoms with E-state index in [0.717, 1.165) is 22.5 Å². The van der Waals surface area contributed by atoms with Gasteiger partial charge in [-0.05, 0) is 71.8 Å². The first-order chi connectivity index (χ1) is 17.8. The summed E-state index contributed by atoms with van der Waals surface area (Å²) in [6, 6.07) is 44.5. The lowest BCUT2D eigenvalue weighted by molar-refractivity contribution is 1.12. The second kappa shape index (κ2) is 8.01. The Labute approximate surface area is 208 Å². The third-order valence-electron chi connectivity index (χ3n) is 6.95. The minimum Gasteiger partial charge on any atom is -0.316 e. The van der Waals surface area contributed by atoms with Crippen molar-refractivity contribution >= 4 is 32.7 Å². The van der Waals surface area contributed by atoms with E-state index < -0.39 is 0 Å². The van der Waals surface area contributed by atoms with E-state index in [4.69, 9.17) is 0 Å². The van der Waals surface area contributed by atoms with Crippen LogP contribution in [0, 0.1) is 11.3 Å². The van der Waals surface area contributed by atoms with Crippen molar-refractivity contribution in [2.75, 3.05) is 0 Å². The molecule has 0 aliphatic carbocycles. The Morgan fingerprint density at radius 2 is 1.28 bits per heavy atom. The van der Waals surface area contributed by atoms with E-state index in [9.17, 15) is 5.26 Å². The molecule has 0 fully saturated rings. The first kappa shape index (κ1) is 20.3. The lowest BCUT2D eigenvalue weighted by Gasteiger charge is -2.11. The number of para-hydroxylation sites is 2. The molecule has 36 heavy (non-hydrogen) atoms. The Morgan fingerprint density at radius 1 is 0.528 bits per heavy atom. The minimum atomic E-state index is 0.666. The molecule has 0 unspecified atom stereocenters. The van der Waals surface area contributed by atoms with Gasteiger partial charge in [0.15, 0.2) is 0 Å². The van der Waals surface area contributed by atoms with Crippen molar-refractivity contribution in [2.45, 2.75) is 0 Å². The number of hydrogen-bond acceptors (Lipinski definition) is 1. The van der Waals surface area contributed by atoms with Crippen LogP contribution in [0.3, 0.4) is 0 Å². The lowest BCUT2D eigenvalue weighted by Crippen LogP contribution is -1.95. The highest BCUT2D eigenvalue weighted by Crippen LogP contribution is 2.36. The summed E-state index contributed by atoms with van der Waals surface area (Å²) in [6.45, 7) is 0. The summed E-state index contributed by atoms with van der Waals surface area (Å²) in [5.74, 6) is 0. The smallest absolute Gasteiger partial charge is 0.0991 e. The highest BCUT2D eigenvalue weighted by atomic mass is 15.0. The average Bonchev–Trinajstić information content (AvgIpc) is 3.51. The molecular weight excluding hydrogens is 438 g/mol. The molecular formula is C33H21N3. The van der Waals surface area contributed by atoms with Crippen molar-refractivity contribution in [3.8, 4) is 28.6 Å². The highest BCUT2D eigenvalue weighted by molar-refractivity contribution is 6.13. The van der Waals surface area contributed by atoms with Crippen molar-refractivity contribution in [2.24, 2.45) is 0 Å². The fourth-order valence-electron chi connectivity index (χ4n) is 5.28. The zero-order chi connectivity index (χ0) is 24.1. The third kappa shape index (κ3) is 3.13. The normalized spacial score (nSPS) is 11.3. The van der Waals surface area contributed by atoms with Crippen molar-refractivity contribution in [3.63, 3.8) is 0 Å². The summed E-state index contributed by atoms with van der Waals surface area (Å²) in [5, 5.41) is 13.1. The average molecular weight is 460 g/mol. The van der Waals surface area contributed by atoms with Crippen LogP contribution in [0.25, 0.3) is 55.2 Å². The molecule has 2 heterocycles. The number of nitriles is 1. The van der Waals surface area contributed by atoms with E-state index in [1.807, 2.05) is 24.3 Å². The highest BCUT2D eigenvalue weighted by Gasteiger charge is 2.15. The Kier molecular flexibility index (Phi) is 4.52. The van der Waals surface area contributed by atoms with E-state index in [1.54, 1.807) is 0 Å².